The van der Waals surface area contributed by atoms with E-state index >= 15 is 0 Å². The molecule has 0 bridgehead atoms. The first-order valence-electron chi connectivity index (χ1n) is 4.49. The lowest BCUT2D eigenvalue weighted by Crippen LogP contribution is -1.82. The van der Waals surface area contributed by atoms with Gasteiger partial charge in [-0.1, -0.05) is 23.4 Å². The summed E-state index contributed by atoms with van der Waals surface area (Å²) in [5.74, 6) is -1.03. The molecule has 2 nitrogen and oxygen atoms in total. The van der Waals surface area contributed by atoms with Gasteiger partial charge < -0.3 is 5.11 Å². The van der Waals surface area contributed by atoms with Gasteiger partial charge in [-0.25, -0.2) is 13.8 Å². The van der Waals surface area contributed by atoms with E-state index in [1.54, 1.807) is 0 Å². The maximum absolute atomic E-state index is 13.4. The first-order chi connectivity index (χ1) is 8.10. The van der Waals surface area contributed by atoms with Crippen LogP contribution >= 0.6 is 34.7 Å². The van der Waals surface area contributed by atoms with E-state index in [2.05, 4.69) is 4.98 Å². The minimum Gasteiger partial charge on any atom is -0.391 e. The third kappa shape index (κ3) is 2.95. The van der Waals surface area contributed by atoms with Gasteiger partial charge in [0.15, 0.2) is 4.34 Å². The minimum atomic E-state index is -0.520. The highest BCUT2D eigenvalue weighted by molar-refractivity contribution is 8.01. The zero-order valence-electron chi connectivity index (χ0n) is 8.28. The molecular formula is C10H6ClF2NOS2. The third-order valence-electron chi connectivity index (χ3n) is 1.86. The Morgan fingerprint density at radius 3 is 2.82 bits per heavy atom. The summed E-state index contributed by atoms with van der Waals surface area (Å²) in [5, 5.41) is 9.13. The molecule has 7 heteroatoms. The van der Waals surface area contributed by atoms with Crippen molar-refractivity contribution in [2.24, 2.45) is 0 Å². The van der Waals surface area contributed by atoms with Crippen LogP contribution in [0.25, 0.3) is 0 Å². The van der Waals surface area contributed by atoms with Gasteiger partial charge in [0.25, 0.3) is 0 Å². The number of halogens is 3. The van der Waals surface area contributed by atoms with Crippen molar-refractivity contribution >= 4 is 34.7 Å². The largest absolute Gasteiger partial charge is 0.391 e. The van der Waals surface area contributed by atoms with Crippen LogP contribution in [0.3, 0.4) is 0 Å². The molecule has 2 aromatic rings. The van der Waals surface area contributed by atoms with Crippen LogP contribution < -0.4 is 0 Å². The van der Waals surface area contributed by atoms with E-state index in [1.165, 1.54) is 0 Å². The van der Waals surface area contributed by atoms with E-state index in [4.69, 9.17) is 16.7 Å². The SMILES string of the molecule is OCc1sc(Sc2cc(F)ccc2F)nc1Cl. The first-order valence-corrected chi connectivity index (χ1v) is 6.50. The predicted octanol–water partition coefficient (Wildman–Crippen LogP) is 3.72. The van der Waals surface area contributed by atoms with E-state index in [0.717, 1.165) is 41.3 Å². The molecular weight excluding hydrogens is 288 g/mol. The zero-order chi connectivity index (χ0) is 12.4. The van der Waals surface area contributed by atoms with Crippen LogP contribution in [-0.2, 0) is 6.61 Å². The van der Waals surface area contributed by atoms with Gasteiger partial charge in [0.1, 0.15) is 16.8 Å². The molecule has 0 saturated heterocycles. The predicted molar refractivity (Wildman–Crippen MR) is 63.5 cm³/mol. The Kier molecular flexibility index (Phi) is 3.98. The van der Waals surface area contributed by atoms with E-state index in [0.29, 0.717) is 9.22 Å². The lowest BCUT2D eigenvalue weighted by Gasteiger charge is -1.99. The average Bonchev–Trinajstić information content (AvgIpc) is 2.64. The van der Waals surface area contributed by atoms with Gasteiger partial charge in [-0.05, 0) is 18.2 Å². The summed E-state index contributed by atoms with van der Waals surface area (Å²) in [6.45, 7) is -0.220. The number of thiazole rings is 1. The van der Waals surface area contributed by atoms with E-state index in [9.17, 15) is 8.78 Å². The zero-order valence-corrected chi connectivity index (χ0v) is 10.7. The number of rotatable bonds is 3. The second-order valence-electron chi connectivity index (χ2n) is 3.03. The number of aromatic nitrogens is 1. The van der Waals surface area contributed by atoms with Crippen molar-refractivity contribution in [1.29, 1.82) is 0 Å². The maximum Gasteiger partial charge on any atom is 0.156 e. The topological polar surface area (TPSA) is 33.1 Å². The van der Waals surface area contributed by atoms with Crippen molar-refractivity contribution in [3.8, 4) is 0 Å². The van der Waals surface area contributed by atoms with Crippen LogP contribution in [0.2, 0.25) is 5.15 Å². The van der Waals surface area contributed by atoms with Crippen LogP contribution in [0.4, 0.5) is 8.78 Å². The van der Waals surface area contributed by atoms with Gasteiger partial charge in [-0.2, -0.15) is 0 Å². The second kappa shape index (κ2) is 5.30. The summed E-state index contributed by atoms with van der Waals surface area (Å²) in [6.07, 6.45) is 0. The van der Waals surface area contributed by atoms with Gasteiger partial charge in [0.05, 0.1) is 16.4 Å². The van der Waals surface area contributed by atoms with Crippen LogP contribution in [0.5, 0.6) is 0 Å². The molecule has 0 unspecified atom stereocenters. The second-order valence-corrected chi connectivity index (χ2v) is 5.76. The molecule has 0 aliphatic carbocycles. The third-order valence-corrected chi connectivity index (χ3v) is 4.42. The molecule has 0 radical (unpaired) electrons. The highest BCUT2D eigenvalue weighted by Gasteiger charge is 2.12. The molecule has 2 rings (SSSR count). The Labute approximate surface area is 109 Å². The van der Waals surface area contributed by atoms with E-state index in [1.807, 2.05) is 0 Å². The Morgan fingerprint density at radius 2 is 2.18 bits per heavy atom. The van der Waals surface area contributed by atoms with Crippen LogP contribution in [0.15, 0.2) is 27.4 Å². The highest BCUT2D eigenvalue weighted by Crippen LogP contribution is 2.36. The van der Waals surface area contributed by atoms with Gasteiger partial charge in [0.2, 0.25) is 0 Å². The first kappa shape index (κ1) is 12.8. The highest BCUT2D eigenvalue weighted by atomic mass is 35.5. The fourth-order valence-electron chi connectivity index (χ4n) is 1.10. The minimum absolute atomic E-state index is 0.139. The quantitative estimate of drug-likeness (QED) is 0.936. The van der Waals surface area contributed by atoms with Gasteiger partial charge in [-0.15, -0.1) is 11.3 Å². The number of aliphatic hydroxyl groups is 1. The van der Waals surface area contributed by atoms with Crippen molar-refractivity contribution in [3.63, 3.8) is 0 Å². The average molecular weight is 294 g/mol. The molecule has 0 spiro atoms. The molecule has 90 valence electrons. The Hall–Kier alpha value is -0.690. The number of hydrogen-bond donors (Lipinski definition) is 1. The summed E-state index contributed by atoms with van der Waals surface area (Å²) in [5.41, 5.74) is 0. The molecule has 1 aromatic heterocycles. The molecule has 1 aromatic carbocycles. The maximum atomic E-state index is 13.4. The van der Waals surface area contributed by atoms with E-state index < -0.39 is 11.6 Å². The number of hydrogen-bond acceptors (Lipinski definition) is 4. The van der Waals surface area contributed by atoms with Crippen molar-refractivity contribution in [2.45, 2.75) is 15.8 Å². The van der Waals surface area contributed by atoms with Crippen LogP contribution in [0.1, 0.15) is 4.88 Å². The summed E-state index contributed by atoms with van der Waals surface area (Å²) in [7, 11) is 0. The molecule has 0 saturated carbocycles. The Morgan fingerprint density at radius 1 is 1.41 bits per heavy atom. The summed E-state index contributed by atoms with van der Waals surface area (Å²) in [4.78, 5) is 4.59. The molecule has 0 atom stereocenters. The number of nitrogens with zero attached hydrogens (tertiary/aromatic N) is 1. The van der Waals surface area contributed by atoms with Crippen LogP contribution in [0, 0.1) is 11.6 Å². The van der Waals surface area contributed by atoms with Crippen molar-refractivity contribution in [2.75, 3.05) is 0 Å². The standard InChI is InChI=1S/C10H6ClF2NOS2/c11-9-8(4-15)17-10(14-9)16-7-3-5(12)1-2-6(7)13/h1-3,15H,4H2. The smallest absolute Gasteiger partial charge is 0.156 e. The number of aliphatic hydroxyl groups excluding tert-OH is 1. The molecule has 17 heavy (non-hydrogen) atoms. The molecule has 0 aliphatic heterocycles. The number of benzene rings is 1. The summed E-state index contributed by atoms with van der Waals surface area (Å²) in [6, 6.07) is 3.20. The van der Waals surface area contributed by atoms with Crippen LogP contribution in [-0.4, -0.2) is 10.1 Å². The lowest BCUT2D eigenvalue weighted by molar-refractivity contribution is 0.285. The van der Waals surface area contributed by atoms with Crippen molar-refractivity contribution in [3.05, 3.63) is 39.9 Å². The fraction of sp³-hybridized carbons (Fsp3) is 0.100. The van der Waals surface area contributed by atoms with Gasteiger partial charge >= 0.3 is 0 Å². The molecule has 0 amide bonds. The monoisotopic (exact) mass is 293 g/mol. The van der Waals surface area contributed by atoms with Crippen molar-refractivity contribution < 1.29 is 13.9 Å². The molecule has 0 aliphatic rings. The molecule has 1 N–H and O–H groups in total. The normalized spacial score (nSPS) is 10.8. The van der Waals surface area contributed by atoms with Gasteiger partial charge in [-0.3, -0.25) is 0 Å². The van der Waals surface area contributed by atoms with Crippen molar-refractivity contribution in [1.82, 2.24) is 4.98 Å². The Balaban J connectivity index is 2.27. The molecule has 1 heterocycles. The van der Waals surface area contributed by atoms with Gasteiger partial charge in [0, 0.05) is 0 Å². The fourth-order valence-corrected chi connectivity index (χ4v) is 3.41. The summed E-state index contributed by atoms with van der Waals surface area (Å²) < 4.78 is 26.8. The van der Waals surface area contributed by atoms with E-state index in [-0.39, 0.29) is 16.7 Å². The Bertz CT molecular complexity index is 547. The summed E-state index contributed by atoms with van der Waals surface area (Å²) >= 11 is 7.87. The lowest BCUT2D eigenvalue weighted by atomic mass is 10.3. The molecule has 0 fully saturated rings.